The molecule has 3 aromatic rings. The monoisotopic (exact) mass is 562 g/mol. The lowest BCUT2D eigenvalue weighted by Crippen LogP contribution is -2.41. The quantitative estimate of drug-likeness (QED) is 0.246. The van der Waals surface area contributed by atoms with E-state index in [0.717, 1.165) is 34.3 Å². The lowest BCUT2D eigenvalue weighted by molar-refractivity contribution is 0.297. The first-order valence-electron chi connectivity index (χ1n) is 10.8. The summed E-state index contributed by atoms with van der Waals surface area (Å²) in [4.78, 5) is 6.60. The highest BCUT2D eigenvalue weighted by atomic mass is 127. The van der Waals surface area contributed by atoms with Crippen LogP contribution in [0.2, 0.25) is 0 Å². The molecular weight excluding hydrogens is 527 g/mol. The molecule has 0 radical (unpaired) electrons. The van der Waals surface area contributed by atoms with Gasteiger partial charge < -0.3 is 20.3 Å². The molecule has 7 nitrogen and oxygen atoms in total. The van der Waals surface area contributed by atoms with Crippen molar-refractivity contribution in [1.29, 1.82) is 0 Å². The van der Waals surface area contributed by atoms with Crippen molar-refractivity contribution in [3.05, 3.63) is 77.1 Å². The summed E-state index contributed by atoms with van der Waals surface area (Å²) in [6, 6.07) is 18.7. The number of likely N-dealkylation sites (N-methyl/N-ethyl adjacent to an activating group) is 1. The van der Waals surface area contributed by atoms with Gasteiger partial charge in [0.05, 0.1) is 24.5 Å². The molecule has 0 aliphatic carbocycles. The van der Waals surface area contributed by atoms with Gasteiger partial charge in [-0.05, 0) is 63.3 Å². The average molecular weight is 563 g/mol. The molecule has 8 heteroatoms. The molecule has 2 aromatic carbocycles. The molecule has 178 valence electrons. The minimum Gasteiger partial charge on any atom is -0.497 e. The number of para-hydroxylation sites is 1. The Morgan fingerprint density at radius 1 is 1.09 bits per heavy atom. The number of nitrogens with one attached hydrogen (secondary N) is 2. The van der Waals surface area contributed by atoms with Crippen molar-refractivity contribution in [3.8, 4) is 11.4 Å². The molecule has 33 heavy (non-hydrogen) atoms. The minimum absolute atomic E-state index is 0. The summed E-state index contributed by atoms with van der Waals surface area (Å²) in [5.74, 6) is 1.61. The van der Waals surface area contributed by atoms with Crippen molar-refractivity contribution in [3.63, 3.8) is 0 Å². The van der Waals surface area contributed by atoms with Crippen LogP contribution < -0.4 is 15.4 Å². The summed E-state index contributed by atoms with van der Waals surface area (Å²) >= 11 is 0. The van der Waals surface area contributed by atoms with E-state index in [1.165, 1.54) is 5.56 Å². The van der Waals surface area contributed by atoms with Gasteiger partial charge in [-0.3, -0.25) is 4.99 Å². The Morgan fingerprint density at radius 2 is 1.85 bits per heavy atom. The number of rotatable bonds is 8. The third-order valence-corrected chi connectivity index (χ3v) is 5.46. The first kappa shape index (κ1) is 26.7. The van der Waals surface area contributed by atoms with Gasteiger partial charge >= 0.3 is 0 Å². The molecule has 1 unspecified atom stereocenters. The zero-order chi connectivity index (χ0) is 23.1. The second-order valence-electron chi connectivity index (χ2n) is 8.03. The van der Waals surface area contributed by atoms with Gasteiger partial charge in [-0.15, -0.1) is 24.0 Å². The summed E-state index contributed by atoms with van der Waals surface area (Å²) in [7, 11) is 7.63. The van der Waals surface area contributed by atoms with Crippen molar-refractivity contribution >= 4 is 29.9 Å². The van der Waals surface area contributed by atoms with E-state index in [9.17, 15) is 0 Å². The Kier molecular flexibility index (Phi) is 10.2. The highest BCUT2D eigenvalue weighted by Crippen LogP contribution is 2.22. The van der Waals surface area contributed by atoms with Gasteiger partial charge in [0.1, 0.15) is 5.75 Å². The molecule has 0 bridgehead atoms. The lowest BCUT2D eigenvalue weighted by atomic mass is 10.1. The van der Waals surface area contributed by atoms with Gasteiger partial charge in [0.25, 0.3) is 0 Å². The number of methoxy groups -OCH3 is 1. The minimum atomic E-state index is 0. The lowest BCUT2D eigenvalue weighted by Gasteiger charge is -2.26. The highest BCUT2D eigenvalue weighted by Gasteiger charge is 2.16. The van der Waals surface area contributed by atoms with Crippen LogP contribution in [0.25, 0.3) is 5.69 Å². The number of aryl methyl sites for hydroxylation is 2. The summed E-state index contributed by atoms with van der Waals surface area (Å²) in [5.41, 5.74) is 5.54. The number of guanidine groups is 1. The van der Waals surface area contributed by atoms with Crippen LogP contribution in [0.5, 0.6) is 5.75 Å². The Morgan fingerprint density at radius 3 is 2.48 bits per heavy atom. The first-order valence-corrected chi connectivity index (χ1v) is 10.8. The van der Waals surface area contributed by atoms with Crippen LogP contribution in [0, 0.1) is 13.8 Å². The molecule has 0 amide bonds. The van der Waals surface area contributed by atoms with Crippen LogP contribution >= 0.6 is 24.0 Å². The van der Waals surface area contributed by atoms with Crippen molar-refractivity contribution in [2.75, 3.05) is 34.8 Å². The number of nitrogens with zero attached hydrogens (tertiary/aromatic N) is 4. The third kappa shape index (κ3) is 6.94. The van der Waals surface area contributed by atoms with Crippen LogP contribution in [0.4, 0.5) is 0 Å². The number of hydrogen-bond donors (Lipinski definition) is 2. The summed E-state index contributed by atoms with van der Waals surface area (Å²) < 4.78 is 7.39. The fourth-order valence-electron chi connectivity index (χ4n) is 3.78. The zero-order valence-corrected chi connectivity index (χ0v) is 22.6. The predicted molar refractivity (Wildman–Crippen MR) is 146 cm³/mol. The molecule has 0 fully saturated rings. The zero-order valence-electron chi connectivity index (χ0n) is 20.3. The van der Waals surface area contributed by atoms with Gasteiger partial charge in [-0.2, -0.15) is 5.10 Å². The number of aliphatic imine (C=N–C) groups is 1. The number of benzene rings is 2. The molecule has 2 N–H and O–H groups in total. The Labute approximate surface area is 214 Å². The van der Waals surface area contributed by atoms with Crippen molar-refractivity contribution in [2.45, 2.75) is 26.4 Å². The van der Waals surface area contributed by atoms with E-state index in [1.807, 2.05) is 35.9 Å². The molecule has 0 aliphatic heterocycles. The molecular formula is C25H35IN6O. The van der Waals surface area contributed by atoms with Crippen molar-refractivity contribution in [2.24, 2.45) is 4.99 Å². The van der Waals surface area contributed by atoms with E-state index in [1.54, 1.807) is 14.2 Å². The first-order chi connectivity index (χ1) is 15.4. The van der Waals surface area contributed by atoms with Gasteiger partial charge in [0.15, 0.2) is 5.96 Å². The van der Waals surface area contributed by atoms with E-state index in [4.69, 9.17) is 4.74 Å². The molecule has 0 spiro atoms. The smallest absolute Gasteiger partial charge is 0.191 e. The maximum absolute atomic E-state index is 5.39. The summed E-state index contributed by atoms with van der Waals surface area (Å²) in [5, 5.41) is 11.6. The Balaban J connectivity index is 0.00000385. The van der Waals surface area contributed by atoms with E-state index >= 15 is 0 Å². The van der Waals surface area contributed by atoms with E-state index in [-0.39, 0.29) is 30.0 Å². The van der Waals surface area contributed by atoms with Crippen LogP contribution in [-0.4, -0.2) is 55.4 Å². The fraction of sp³-hybridized carbons (Fsp3) is 0.360. The molecule has 1 aromatic heterocycles. The normalized spacial score (nSPS) is 12.3. The van der Waals surface area contributed by atoms with E-state index in [2.05, 4.69) is 77.0 Å². The Bertz CT molecular complexity index is 1060. The molecule has 0 saturated heterocycles. The Hall–Kier alpha value is -2.59. The molecule has 1 atom stereocenters. The van der Waals surface area contributed by atoms with Crippen LogP contribution in [0.1, 0.15) is 28.6 Å². The van der Waals surface area contributed by atoms with Gasteiger partial charge in [-0.1, -0.05) is 30.3 Å². The van der Waals surface area contributed by atoms with Crippen LogP contribution in [0.3, 0.4) is 0 Å². The topological polar surface area (TPSA) is 66.7 Å². The van der Waals surface area contributed by atoms with E-state index in [0.29, 0.717) is 13.1 Å². The molecule has 1 heterocycles. The standard InChI is InChI=1S/C25H34N6O.HI/c1-18-14-19(2)31(29-18)23-13-8-7-10-21(23)16-27-25(26-3)28-17-24(30(4)5)20-11-9-12-22(15-20)32-6;/h7-15,24H,16-17H2,1-6H3,(H2,26,27,28);1H. The van der Waals surface area contributed by atoms with Gasteiger partial charge in [0.2, 0.25) is 0 Å². The average Bonchev–Trinajstić information content (AvgIpc) is 3.13. The molecule has 3 rings (SSSR count). The van der Waals surface area contributed by atoms with Crippen molar-refractivity contribution in [1.82, 2.24) is 25.3 Å². The predicted octanol–water partition coefficient (Wildman–Crippen LogP) is 4.08. The number of halogens is 1. The second-order valence-corrected chi connectivity index (χ2v) is 8.03. The second kappa shape index (κ2) is 12.6. The van der Waals surface area contributed by atoms with Crippen LogP contribution in [-0.2, 0) is 6.54 Å². The summed E-state index contributed by atoms with van der Waals surface area (Å²) in [6.45, 7) is 5.43. The maximum atomic E-state index is 5.39. The van der Waals surface area contributed by atoms with Crippen LogP contribution in [0.15, 0.2) is 59.6 Å². The van der Waals surface area contributed by atoms with Gasteiger partial charge in [0, 0.05) is 25.8 Å². The van der Waals surface area contributed by atoms with E-state index < -0.39 is 0 Å². The molecule has 0 saturated carbocycles. The largest absolute Gasteiger partial charge is 0.497 e. The fourth-order valence-corrected chi connectivity index (χ4v) is 3.78. The summed E-state index contributed by atoms with van der Waals surface area (Å²) in [6.07, 6.45) is 0. The van der Waals surface area contributed by atoms with Gasteiger partial charge in [-0.25, -0.2) is 4.68 Å². The SMILES string of the molecule is CN=C(NCc1ccccc1-n1nc(C)cc1C)NCC(c1cccc(OC)c1)N(C)C.I. The third-order valence-electron chi connectivity index (χ3n) is 5.46. The number of ether oxygens (including phenoxy) is 1. The number of aromatic nitrogens is 2. The maximum Gasteiger partial charge on any atom is 0.191 e. The van der Waals surface area contributed by atoms with Crippen molar-refractivity contribution < 1.29 is 4.74 Å². The molecule has 0 aliphatic rings. The highest BCUT2D eigenvalue weighted by molar-refractivity contribution is 14.0. The number of hydrogen-bond acceptors (Lipinski definition) is 4.